The highest BCUT2D eigenvalue weighted by molar-refractivity contribution is 6.34. The van der Waals surface area contributed by atoms with E-state index in [1.165, 1.54) is 0 Å². The van der Waals surface area contributed by atoms with Gasteiger partial charge in [-0.3, -0.25) is 0 Å². The van der Waals surface area contributed by atoms with Gasteiger partial charge in [0.05, 0.1) is 10.7 Å². The van der Waals surface area contributed by atoms with Gasteiger partial charge in [-0.15, -0.1) is 9.14 Å². The number of benzene rings is 2. The minimum atomic E-state index is -0.156. The summed E-state index contributed by atoms with van der Waals surface area (Å²) in [5, 5.41) is 1.47. The maximum atomic E-state index is 6.84. The van der Waals surface area contributed by atoms with Crippen molar-refractivity contribution in [2.75, 3.05) is 4.90 Å². The summed E-state index contributed by atoms with van der Waals surface area (Å²) in [6.45, 7) is 15.0. The molecule has 156 valence electrons. The third-order valence-corrected chi connectivity index (χ3v) is 6.89. The molecule has 0 N–H and O–H groups in total. The van der Waals surface area contributed by atoms with Crippen LogP contribution in [0.25, 0.3) is 5.70 Å². The molecule has 5 rings (SSSR count). The predicted octanol–water partition coefficient (Wildman–Crippen LogP) is 6.63. The van der Waals surface area contributed by atoms with E-state index in [1.54, 1.807) is 0 Å². The smallest absolute Gasteiger partial charge is 0.217 e. The molecule has 1 aromatic heterocycles. The van der Waals surface area contributed by atoms with Crippen molar-refractivity contribution in [3.05, 3.63) is 92.7 Å². The Kier molecular flexibility index (Phi) is 4.55. The first kappa shape index (κ1) is 20.3. The fourth-order valence-electron chi connectivity index (χ4n) is 5.17. The zero-order chi connectivity index (χ0) is 22.2. The molecule has 0 radical (unpaired) electrons. The molecular formula is C26H25Cl2N3+2. The van der Waals surface area contributed by atoms with Crippen molar-refractivity contribution in [1.29, 1.82) is 0 Å². The number of aromatic nitrogens is 1. The monoisotopic (exact) mass is 449 g/mol. The zero-order valence-corrected chi connectivity index (χ0v) is 19.9. The molecule has 0 amide bonds. The van der Waals surface area contributed by atoms with Crippen LogP contribution in [0.15, 0.2) is 49.0 Å². The Morgan fingerprint density at radius 1 is 0.839 bits per heavy atom. The molecule has 31 heavy (non-hydrogen) atoms. The van der Waals surface area contributed by atoms with Crippen LogP contribution >= 0.6 is 23.2 Å². The molecule has 0 unspecified atom stereocenters. The quantitative estimate of drug-likeness (QED) is 0.399. The van der Waals surface area contributed by atoms with E-state index in [2.05, 4.69) is 85.6 Å². The minimum absolute atomic E-state index is 0.156. The number of pyridine rings is 1. The molecule has 5 heteroatoms. The van der Waals surface area contributed by atoms with Crippen LogP contribution in [0.2, 0.25) is 10.0 Å². The number of aryl methyl sites for hydroxylation is 4. The molecule has 0 spiro atoms. The molecule has 3 heterocycles. The van der Waals surface area contributed by atoms with Gasteiger partial charge in [0.15, 0.2) is 0 Å². The molecule has 1 atom stereocenters. The number of nitrogens with zero attached hydrogens (tertiary/aromatic N) is 3. The fraction of sp³-hybridized carbons (Fsp3) is 0.231. The van der Waals surface area contributed by atoms with Gasteiger partial charge in [0.25, 0.3) is 11.4 Å². The Bertz CT molecular complexity index is 1290. The number of rotatable bonds is 2. The lowest BCUT2D eigenvalue weighted by Gasteiger charge is -2.23. The fourth-order valence-corrected chi connectivity index (χ4v) is 5.99. The summed E-state index contributed by atoms with van der Waals surface area (Å²) in [5.74, 6) is 0. The van der Waals surface area contributed by atoms with Crippen molar-refractivity contribution in [3.8, 4) is 0 Å². The summed E-state index contributed by atoms with van der Waals surface area (Å²) in [5.41, 5.74) is 10.9. The van der Waals surface area contributed by atoms with Crippen LogP contribution in [-0.2, 0) is 0 Å². The maximum Gasteiger partial charge on any atom is 0.446 e. The Hall–Kier alpha value is -2.62. The summed E-state index contributed by atoms with van der Waals surface area (Å²) in [4.78, 5) is 2.25. The van der Waals surface area contributed by atoms with Crippen molar-refractivity contribution < 1.29 is 9.14 Å². The van der Waals surface area contributed by atoms with E-state index >= 15 is 0 Å². The summed E-state index contributed by atoms with van der Waals surface area (Å²) in [6, 6.07) is 14.8. The minimum Gasteiger partial charge on any atom is -0.217 e. The van der Waals surface area contributed by atoms with Crippen LogP contribution in [0.1, 0.15) is 46.9 Å². The third kappa shape index (κ3) is 2.80. The van der Waals surface area contributed by atoms with E-state index in [4.69, 9.17) is 23.2 Å². The summed E-state index contributed by atoms with van der Waals surface area (Å²) in [7, 11) is 0. The molecule has 0 bridgehead atoms. The van der Waals surface area contributed by atoms with E-state index in [1.807, 2.05) is 12.1 Å². The molecule has 0 saturated heterocycles. The Morgan fingerprint density at radius 2 is 1.45 bits per heavy atom. The van der Waals surface area contributed by atoms with Crippen molar-refractivity contribution in [2.45, 2.75) is 40.9 Å². The van der Waals surface area contributed by atoms with E-state index in [-0.39, 0.29) is 6.29 Å². The van der Waals surface area contributed by atoms with Gasteiger partial charge in [0.1, 0.15) is 10.7 Å². The van der Waals surface area contributed by atoms with Gasteiger partial charge in [-0.05, 0) is 68.7 Å². The first-order valence-electron chi connectivity index (χ1n) is 10.4. The van der Waals surface area contributed by atoms with Crippen LogP contribution in [0, 0.1) is 27.7 Å². The Labute approximate surface area is 193 Å². The lowest BCUT2D eigenvalue weighted by atomic mass is 10.1. The van der Waals surface area contributed by atoms with Crippen molar-refractivity contribution in [2.24, 2.45) is 0 Å². The van der Waals surface area contributed by atoms with Crippen molar-refractivity contribution in [3.63, 3.8) is 0 Å². The van der Waals surface area contributed by atoms with Gasteiger partial charge in [-0.1, -0.05) is 35.8 Å². The number of hydrogen-bond donors (Lipinski definition) is 0. The van der Waals surface area contributed by atoms with Gasteiger partial charge >= 0.3 is 6.29 Å². The van der Waals surface area contributed by atoms with Gasteiger partial charge in [0.2, 0.25) is 11.4 Å². The highest BCUT2D eigenvalue weighted by atomic mass is 35.5. The SMILES string of the molecule is C=C1c2cccc3[n+]2[C@@H](N1c1c(C)cc(C)cc1Cl)[N+](c1c(C)cc(C)cc1Cl)=C3C. The third-order valence-electron chi connectivity index (χ3n) is 6.32. The molecule has 0 aliphatic carbocycles. The standard InChI is InChI=1S/C26H25Cl2N3/c1-14-10-16(3)24(20(27)12-14)29-18(5)22-8-7-9-23-19(6)30(26(29)31(22)23)25-17(4)11-15(2)13-21(25)28/h7-13,26H,5H2,1-4,6H3/q+2/t26-/m0/s1. The second kappa shape index (κ2) is 6.94. The summed E-state index contributed by atoms with van der Waals surface area (Å²) in [6.07, 6.45) is -0.156. The van der Waals surface area contributed by atoms with Gasteiger partial charge in [0, 0.05) is 24.6 Å². The first-order chi connectivity index (χ1) is 14.7. The lowest BCUT2D eigenvalue weighted by molar-refractivity contribution is -0.833. The topological polar surface area (TPSA) is 10.1 Å². The number of halogens is 2. The highest BCUT2D eigenvalue weighted by Crippen LogP contribution is 2.46. The molecular weight excluding hydrogens is 425 g/mol. The average molecular weight is 450 g/mol. The average Bonchev–Trinajstić information content (AvgIpc) is 3.11. The van der Waals surface area contributed by atoms with Crippen molar-refractivity contribution in [1.82, 2.24) is 0 Å². The van der Waals surface area contributed by atoms with Gasteiger partial charge < -0.3 is 0 Å². The van der Waals surface area contributed by atoms with Gasteiger partial charge in [-0.2, -0.15) is 0 Å². The summed E-state index contributed by atoms with van der Waals surface area (Å²) < 4.78 is 4.66. The molecule has 2 aromatic carbocycles. The van der Waals surface area contributed by atoms with Crippen LogP contribution < -0.4 is 9.47 Å². The lowest BCUT2D eigenvalue weighted by Crippen LogP contribution is -2.46. The number of hydrogen-bond acceptors (Lipinski definition) is 1. The molecule has 0 saturated carbocycles. The Morgan fingerprint density at radius 3 is 2.10 bits per heavy atom. The molecule has 2 aliphatic rings. The molecule has 0 fully saturated rings. The normalized spacial score (nSPS) is 17.1. The van der Waals surface area contributed by atoms with Gasteiger partial charge in [-0.25, -0.2) is 4.90 Å². The second-order valence-electron chi connectivity index (χ2n) is 8.61. The van der Waals surface area contributed by atoms with E-state index in [0.29, 0.717) is 0 Å². The summed E-state index contributed by atoms with van der Waals surface area (Å²) >= 11 is 13.7. The largest absolute Gasteiger partial charge is 0.446 e. The van der Waals surface area contributed by atoms with Crippen LogP contribution in [0.4, 0.5) is 11.4 Å². The zero-order valence-electron chi connectivity index (χ0n) is 18.4. The first-order valence-corrected chi connectivity index (χ1v) is 11.2. The Balaban J connectivity index is 1.83. The van der Waals surface area contributed by atoms with E-state index < -0.39 is 0 Å². The maximum absolute atomic E-state index is 6.84. The molecule has 2 aliphatic heterocycles. The van der Waals surface area contributed by atoms with E-state index in [9.17, 15) is 0 Å². The van der Waals surface area contributed by atoms with Crippen LogP contribution in [0.5, 0.6) is 0 Å². The van der Waals surface area contributed by atoms with Crippen LogP contribution in [-0.4, -0.2) is 10.3 Å². The highest BCUT2D eigenvalue weighted by Gasteiger charge is 2.58. The second-order valence-corrected chi connectivity index (χ2v) is 9.42. The predicted molar refractivity (Wildman–Crippen MR) is 129 cm³/mol. The van der Waals surface area contributed by atoms with Crippen LogP contribution in [0.3, 0.4) is 0 Å². The molecule has 3 nitrogen and oxygen atoms in total. The van der Waals surface area contributed by atoms with Crippen molar-refractivity contribution >= 4 is 46.0 Å². The molecule has 3 aromatic rings. The van der Waals surface area contributed by atoms with E-state index in [0.717, 1.165) is 66.5 Å². The number of anilines is 1.